The summed E-state index contributed by atoms with van der Waals surface area (Å²) in [7, 11) is 1.55. The van der Waals surface area contributed by atoms with Crippen molar-refractivity contribution in [3.05, 3.63) is 27.9 Å². The smallest absolute Gasteiger partial charge is 0.314 e. The number of rotatable bonds is 1. The summed E-state index contributed by atoms with van der Waals surface area (Å²) in [5.74, 6) is 0.356. The lowest BCUT2D eigenvalue weighted by atomic mass is 10.3. The van der Waals surface area contributed by atoms with Gasteiger partial charge in [-0.05, 0) is 12.1 Å². The quantitative estimate of drug-likeness (QED) is 0.739. The van der Waals surface area contributed by atoms with Crippen LogP contribution < -0.4 is 9.61 Å². The van der Waals surface area contributed by atoms with Crippen molar-refractivity contribution < 1.29 is 9.53 Å². The second kappa shape index (κ2) is 3.51. The van der Waals surface area contributed by atoms with Gasteiger partial charge in [-0.3, -0.25) is 9.59 Å². The molecule has 0 amide bonds. The predicted octanol–water partition coefficient (Wildman–Crippen LogP) is 1.73. The minimum atomic E-state index is -0.278. The fourth-order valence-electron chi connectivity index (χ4n) is 1.42. The zero-order valence-electron chi connectivity index (χ0n) is 8.31. The van der Waals surface area contributed by atoms with E-state index in [2.05, 4.69) is 0 Å². The van der Waals surface area contributed by atoms with E-state index in [1.165, 1.54) is 6.92 Å². The maximum absolute atomic E-state index is 11.5. The Bertz CT molecular complexity index is 582. The molecule has 0 saturated carbocycles. The number of carbonyl (C=O) groups is 1. The first-order valence-corrected chi connectivity index (χ1v) is 5.15. The number of hydrogen-bond donors (Lipinski definition) is 0. The normalized spacial score (nSPS) is 10.5. The molecular weight excluding hydrogens is 214 g/mol. The minimum absolute atomic E-state index is 0.259. The monoisotopic (exact) mass is 223 g/mol. The van der Waals surface area contributed by atoms with Crippen molar-refractivity contribution in [2.24, 2.45) is 0 Å². The molecule has 2 aromatic rings. The molecule has 0 unspecified atom stereocenters. The van der Waals surface area contributed by atoms with Gasteiger partial charge in [-0.2, -0.15) is 0 Å². The van der Waals surface area contributed by atoms with E-state index in [1.807, 2.05) is 0 Å². The molecule has 1 heterocycles. The van der Waals surface area contributed by atoms with E-state index in [1.54, 1.807) is 25.3 Å². The van der Waals surface area contributed by atoms with Crippen molar-refractivity contribution in [1.82, 2.24) is 4.57 Å². The molecular formula is C10H9NO3S. The molecule has 0 saturated heterocycles. The lowest BCUT2D eigenvalue weighted by molar-refractivity contribution is 0.0939. The molecule has 4 nitrogen and oxygen atoms in total. The van der Waals surface area contributed by atoms with E-state index in [0.717, 1.165) is 20.6 Å². The van der Waals surface area contributed by atoms with Crippen LogP contribution >= 0.6 is 11.3 Å². The zero-order chi connectivity index (χ0) is 11.0. The second-order valence-electron chi connectivity index (χ2n) is 3.06. The number of nitrogens with zero attached hydrogens (tertiary/aromatic N) is 1. The van der Waals surface area contributed by atoms with Crippen LogP contribution in [0.3, 0.4) is 0 Å². The van der Waals surface area contributed by atoms with E-state index < -0.39 is 0 Å². The summed E-state index contributed by atoms with van der Waals surface area (Å²) >= 11 is 1.06. The van der Waals surface area contributed by atoms with Crippen molar-refractivity contribution in [3.63, 3.8) is 0 Å². The Hall–Kier alpha value is -1.62. The maximum atomic E-state index is 11.5. The van der Waals surface area contributed by atoms with Gasteiger partial charge in [0.15, 0.2) is 0 Å². The Morgan fingerprint density at radius 3 is 2.80 bits per heavy atom. The van der Waals surface area contributed by atoms with Crippen molar-refractivity contribution >= 4 is 27.5 Å². The van der Waals surface area contributed by atoms with Crippen LogP contribution in [-0.2, 0) is 0 Å². The van der Waals surface area contributed by atoms with E-state index in [4.69, 9.17) is 4.74 Å². The number of hydrogen-bond acceptors (Lipinski definition) is 4. The highest BCUT2D eigenvalue weighted by atomic mass is 32.1. The molecule has 0 atom stereocenters. The van der Waals surface area contributed by atoms with Crippen LogP contribution in [0, 0.1) is 0 Å². The molecule has 15 heavy (non-hydrogen) atoms. The maximum Gasteiger partial charge on any atom is 0.314 e. The lowest BCUT2D eigenvalue weighted by Gasteiger charge is -2.00. The summed E-state index contributed by atoms with van der Waals surface area (Å²) in [6, 6.07) is 5.23. The summed E-state index contributed by atoms with van der Waals surface area (Å²) < 4.78 is 6.99. The minimum Gasteiger partial charge on any atom is -0.497 e. The Kier molecular flexibility index (Phi) is 2.32. The first kappa shape index (κ1) is 9.92. The van der Waals surface area contributed by atoms with Gasteiger partial charge in [0.1, 0.15) is 5.75 Å². The predicted molar refractivity (Wildman–Crippen MR) is 58.9 cm³/mol. The topological polar surface area (TPSA) is 48.3 Å². The molecule has 5 heteroatoms. The summed E-state index contributed by atoms with van der Waals surface area (Å²) in [5, 5.41) is 0. The third-order valence-electron chi connectivity index (χ3n) is 2.10. The number of carbonyl (C=O) groups excluding carboxylic acids is 1. The van der Waals surface area contributed by atoms with Gasteiger partial charge in [0.05, 0.1) is 17.3 Å². The third-order valence-corrected chi connectivity index (χ3v) is 3.02. The highest BCUT2D eigenvalue weighted by Crippen LogP contribution is 2.22. The number of ether oxygens (including phenoxy) is 1. The number of thiazole rings is 1. The van der Waals surface area contributed by atoms with Gasteiger partial charge in [0.25, 0.3) is 0 Å². The first-order chi connectivity index (χ1) is 7.13. The van der Waals surface area contributed by atoms with Crippen LogP contribution in [0.1, 0.15) is 11.7 Å². The standard InChI is InChI=1S/C10H9NO3S/c1-6(12)11-8-5-7(14-2)3-4-9(8)15-10(11)13/h3-5H,1-2H3. The van der Waals surface area contributed by atoms with Gasteiger partial charge in [-0.25, -0.2) is 4.57 Å². The summed E-state index contributed by atoms with van der Waals surface area (Å²) in [4.78, 5) is 22.5. The van der Waals surface area contributed by atoms with Crippen LogP contribution in [0.25, 0.3) is 10.2 Å². The van der Waals surface area contributed by atoms with Crippen molar-refractivity contribution in [1.29, 1.82) is 0 Å². The molecule has 0 aliphatic carbocycles. The first-order valence-electron chi connectivity index (χ1n) is 4.34. The Labute approximate surface area is 89.7 Å². The molecule has 0 fully saturated rings. The molecule has 1 aromatic heterocycles. The van der Waals surface area contributed by atoms with Gasteiger partial charge in [-0.15, -0.1) is 0 Å². The van der Waals surface area contributed by atoms with E-state index in [0.29, 0.717) is 11.3 Å². The number of benzene rings is 1. The van der Waals surface area contributed by atoms with Gasteiger partial charge in [0, 0.05) is 13.0 Å². The molecule has 0 spiro atoms. The van der Waals surface area contributed by atoms with Gasteiger partial charge in [-0.1, -0.05) is 11.3 Å². The van der Waals surface area contributed by atoms with Crippen LogP contribution in [0.4, 0.5) is 0 Å². The molecule has 78 valence electrons. The van der Waals surface area contributed by atoms with Crippen molar-refractivity contribution in [2.45, 2.75) is 6.92 Å². The number of methoxy groups -OCH3 is 1. The molecule has 0 aliphatic rings. The SMILES string of the molecule is COc1ccc2sc(=O)n(C(C)=O)c2c1. The molecule has 0 N–H and O–H groups in total. The van der Waals surface area contributed by atoms with Gasteiger partial charge in [0.2, 0.25) is 5.91 Å². The Morgan fingerprint density at radius 2 is 2.20 bits per heavy atom. The van der Waals surface area contributed by atoms with E-state index >= 15 is 0 Å². The fourth-order valence-corrected chi connectivity index (χ4v) is 2.32. The Morgan fingerprint density at radius 1 is 1.47 bits per heavy atom. The number of fused-ring (bicyclic) bond motifs is 1. The molecule has 2 rings (SSSR count). The highest BCUT2D eigenvalue weighted by molar-refractivity contribution is 7.16. The lowest BCUT2D eigenvalue weighted by Crippen LogP contribution is -2.18. The van der Waals surface area contributed by atoms with Gasteiger partial charge < -0.3 is 4.74 Å². The summed E-state index contributed by atoms with van der Waals surface area (Å²) in [5.41, 5.74) is 0.608. The van der Waals surface area contributed by atoms with E-state index in [-0.39, 0.29) is 10.8 Å². The zero-order valence-corrected chi connectivity index (χ0v) is 9.13. The average molecular weight is 223 g/mol. The molecule has 1 aromatic carbocycles. The van der Waals surface area contributed by atoms with Crippen LogP contribution in [0.2, 0.25) is 0 Å². The molecule has 0 bridgehead atoms. The number of aromatic nitrogens is 1. The highest BCUT2D eigenvalue weighted by Gasteiger charge is 2.11. The van der Waals surface area contributed by atoms with Crippen LogP contribution in [-0.4, -0.2) is 17.6 Å². The summed E-state index contributed by atoms with van der Waals surface area (Å²) in [6.07, 6.45) is 0. The van der Waals surface area contributed by atoms with Crippen molar-refractivity contribution in [3.8, 4) is 5.75 Å². The molecule has 0 radical (unpaired) electrons. The Balaban J connectivity index is 2.83. The van der Waals surface area contributed by atoms with Crippen LogP contribution in [0.5, 0.6) is 5.75 Å². The van der Waals surface area contributed by atoms with Crippen molar-refractivity contribution in [2.75, 3.05) is 7.11 Å². The summed E-state index contributed by atoms with van der Waals surface area (Å²) in [6.45, 7) is 1.37. The second-order valence-corrected chi connectivity index (χ2v) is 4.05. The molecule has 0 aliphatic heterocycles. The van der Waals surface area contributed by atoms with Crippen LogP contribution in [0.15, 0.2) is 23.0 Å². The average Bonchev–Trinajstić information content (AvgIpc) is 2.52. The largest absolute Gasteiger partial charge is 0.497 e. The van der Waals surface area contributed by atoms with Gasteiger partial charge >= 0.3 is 4.87 Å². The third kappa shape index (κ3) is 1.55. The van der Waals surface area contributed by atoms with E-state index in [9.17, 15) is 9.59 Å². The fraction of sp³-hybridized carbons (Fsp3) is 0.200.